The highest BCUT2D eigenvalue weighted by molar-refractivity contribution is 5.71. The molecule has 4 atom stereocenters. The number of hydrogen-bond acceptors (Lipinski definition) is 4. The van der Waals surface area contributed by atoms with Gasteiger partial charge in [-0.05, 0) is 73.0 Å². The van der Waals surface area contributed by atoms with Crippen molar-refractivity contribution in [2.45, 2.75) is 51.4 Å². The van der Waals surface area contributed by atoms with Crippen LogP contribution < -0.4 is 0 Å². The Balaban J connectivity index is 1.52. The molecular formula is C33H32N4. The molecule has 0 amide bonds. The Bertz CT molecular complexity index is 1380. The van der Waals surface area contributed by atoms with Crippen LogP contribution in [0.15, 0.2) is 78.9 Å². The molecule has 4 aromatic rings. The summed E-state index contributed by atoms with van der Waals surface area (Å²) < 4.78 is 0. The van der Waals surface area contributed by atoms with Crippen LogP contribution in [0.5, 0.6) is 0 Å². The van der Waals surface area contributed by atoms with E-state index in [9.17, 15) is 5.26 Å². The van der Waals surface area contributed by atoms with Crippen molar-refractivity contribution in [3.05, 3.63) is 90.0 Å². The van der Waals surface area contributed by atoms with Crippen LogP contribution in [-0.4, -0.2) is 15.0 Å². The Kier molecular flexibility index (Phi) is 6.08. The minimum Gasteiger partial charge on any atom is -0.208 e. The van der Waals surface area contributed by atoms with Gasteiger partial charge >= 0.3 is 0 Å². The molecule has 4 nitrogen and oxygen atoms in total. The van der Waals surface area contributed by atoms with Gasteiger partial charge in [0.25, 0.3) is 0 Å². The molecule has 1 unspecified atom stereocenters. The third-order valence-electron chi connectivity index (χ3n) is 8.32. The first-order valence-corrected chi connectivity index (χ1v) is 13.4. The Morgan fingerprint density at radius 3 is 1.78 bits per heavy atom. The molecule has 0 radical (unpaired) electrons. The second kappa shape index (κ2) is 9.56. The molecule has 2 bridgehead atoms. The minimum atomic E-state index is 0.167. The molecule has 2 saturated carbocycles. The fourth-order valence-electron chi connectivity index (χ4n) is 7.14. The molecule has 2 aliphatic carbocycles. The largest absolute Gasteiger partial charge is 0.208 e. The summed E-state index contributed by atoms with van der Waals surface area (Å²) in [6, 6.07) is 28.8. The van der Waals surface area contributed by atoms with Gasteiger partial charge in [0.15, 0.2) is 17.5 Å². The van der Waals surface area contributed by atoms with E-state index in [1.54, 1.807) is 0 Å². The van der Waals surface area contributed by atoms with E-state index in [-0.39, 0.29) is 5.41 Å². The van der Waals surface area contributed by atoms with Crippen molar-refractivity contribution in [2.75, 3.05) is 0 Å². The quantitative estimate of drug-likeness (QED) is 0.296. The second-order valence-corrected chi connectivity index (χ2v) is 11.4. The molecule has 0 spiro atoms. The van der Waals surface area contributed by atoms with Crippen molar-refractivity contribution in [2.24, 2.45) is 17.8 Å². The van der Waals surface area contributed by atoms with Crippen LogP contribution in [0.3, 0.4) is 0 Å². The van der Waals surface area contributed by atoms with Crippen LogP contribution in [0.2, 0.25) is 0 Å². The molecule has 0 saturated heterocycles. The molecule has 1 heterocycles. The number of fused-ring (bicyclic) bond motifs is 2. The minimum absolute atomic E-state index is 0.167. The third-order valence-corrected chi connectivity index (χ3v) is 8.32. The lowest BCUT2D eigenvalue weighted by molar-refractivity contribution is 0.0780. The molecule has 0 N–H and O–H groups in total. The molecule has 0 aliphatic heterocycles. The summed E-state index contributed by atoms with van der Waals surface area (Å²) in [5.74, 6) is 4.03. The van der Waals surface area contributed by atoms with Gasteiger partial charge in [-0.3, -0.25) is 0 Å². The van der Waals surface area contributed by atoms with Crippen molar-refractivity contribution >= 4 is 0 Å². The van der Waals surface area contributed by atoms with Gasteiger partial charge < -0.3 is 0 Å². The van der Waals surface area contributed by atoms with Crippen molar-refractivity contribution in [1.29, 1.82) is 5.26 Å². The highest BCUT2D eigenvalue weighted by atomic mass is 15.0. The normalized spacial score (nSPS) is 24.8. The summed E-state index contributed by atoms with van der Waals surface area (Å²) in [6.45, 7) is 4.82. The SMILES string of the molecule is C[C@@H]1C[C@@H]2C[C@H](C)CC(c3ccc(C#N)c(-c4nc(-c5ccccc5)nc(-c5ccccc5)n4)c3)(C1)C2. The Labute approximate surface area is 219 Å². The lowest BCUT2D eigenvalue weighted by Crippen LogP contribution is -2.42. The van der Waals surface area contributed by atoms with Crippen LogP contribution in [0.1, 0.15) is 57.1 Å². The predicted octanol–water partition coefficient (Wildman–Crippen LogP) is 7.85. The number of rotatable bonds is 4. The monoisotopic (exact) mass is 484 g/mol. The Morgan fingerprint density at radius 1 is 0.703 bits per heavy atom. The van der Waals surface area contributed by atoms with Crippen LogP contribution in [0.25, 0.3) is 34.2 Å². The summed E-state index contributed by atoms with van der Waals surface area (Å²) in [5, 5.41) is 10.1. The van der Waals surface area contributed by atoms with Crippen LogP contribution in [0.4, 0.5) is 0 Å². The molecule has 4 heteroatoms. The summed E-state index contributed by atoms with van der Waals surface area (Å²) in [7, 11) is 0. The topological polar surface area (TPSA) is 62.5 Å². The van der Waals surface area contributed by atoms with E-state index in [1.165, 1.54) is 37.7 Å². The molecule has 1 aromatic heterocycles. The fourth-order valence-corrected chi connectivity index (χ4v) is 7.14. The van der Waals surface area contributed by atoms with Gasteiger partial charge in [0.1, 0.15) is 0 Å². The lowest BCUT2D eigenvalue weighted by Gasteiger charge is -2.50. The second-order valence-electron chi connectivity index (χ2n) is 11.4. The fraction of sp³-hybridized carbons (Fsp3) is 0.333. The maximum atomic E-state index is 10.1. The third kappa shape index (κ3) is 4.55. The molecule has 184 valence electrons. The van der Waals surface area contributed by atoms with E-state index in [2.05, 4.69) is 32.0 Å². The van der Waals surface area contributed by atoms with Crippen LogP contribution in [-0.2, 0) is 5.41 Å². The van der Waals surface area contributed by atoms with Gasteiger partial charge in [0.2, 0.25) is 0 Å². The lowest BCUT2D eigenvalue weighted by atomic mass is 9.54. The van der Waals surface area contributed by atoms with Crippen LogP contribution in [0, 0.1) is 29.1 Å². The van der Waals surface area contributed by atoms with E-state index in [0.717, 1.165) is 34.4 Å². The molecular weight excluding hydrogens is 452 g/mol. The first-order valence-electron chi connectivity index (χ1n) is 13.4. The van der Waals surface area contributed by atoms with E-state index < -0.39 is 0 Å². The van der Waals surface area contributed by atoms with Gasteiger partial charge in [-0.15, -0.1) is 0 Å². The van der Waals surface area contributed by atoms with Gasteiger partial charge in [-0.2, -0.15) is 5.26 Å². The summed E-state index contributed by atoms with van der Waals surface area (Å²) in [4.78, 5) is 14.7. The molecule has 2 fully saturated rings. The maximum Gasteiger partial charge on any atom is 0.165 e. The first kappa shape index (κ1) is 23.6. The standard InChI is InChI=1S/C33H32N4/c1-22-15-24-16-23(2)19-33(18-22,20-24)28-14-13-27(21-34)29(17-28)32-36-30(25-9-5-3-6-10-25)35-31(37-32)26-11-7-4-8-12-26/h3-14,17,22-24H,15-16,18-20H2,1-2H3/t22-,23+,24-,33?. The Morgan fingerprint density at radius 2 is 1.24 bits per heavy atom. The molecule has 37 heavy (non-hydrogen) atoms. The van der Waals surface area contributed by atoms with E-state index in [4.69, 9.17) is 15.0 Å². The molecule has 2 aliphatic rings. The van der Waals surface area contributed by atoms with E-state index in [1.807, 2.05) is 66.7 Å². The van der Waals surface area contributed by atoms with Gasteiger partial charge in [0.05, 0.1) is 11.6 Å². The summed E-state index contributed by atoms with van der Waals surface area (Å²) in [5.41, 5.74) is 4.78. The molecule has 3 aromatic carbocycles. The number of nitrogens with zero attached hydrogens (tertiary/aromatic N) is 4. The maximum absolute atomic E-state index is 10.1. The number of hydrogen-bond donors (Lipinski definition) is 0. The summed E-state index contributed by atoms with van der Waals surface area (Å²) >= 11 is 0. The Hall–Kier alpha value is -3.84. The van der Waals surface area contributed by atoms with Crippen molar-refractivity contribution < 1.29 is 0 Å². The van der Waals surface area contributed by atoms with Gasteiger partial charge in [-0.25, -0.2) is 15.0 Å². The zero-order valence-electron chi connectivity index (χ0n) is 21.6. The van der Waals surface area contributed by atoms with Crippen molar-refractivity contribution in [3.8, 4) is 40.2 Å². The predicted molar refractivity (Wildman–Crippen MR) is 147 cm³/mol. The zero-order valence-corrected chi connectivity index (χ0v) is 21.6. The van der Waals surface area contributed by atoms with Gasteiger partial charge in [0, 0.05) is 16.7 Å². The molecule has 6 rings (SSSR count). The zero-order chi connectivity index (χ0) is 25.4. The average Bonchev–Trinajstić information content (AvgIpc) is 2.92. The van der Waals surface area contributed by atoms with Crippen molar-refractivity contribution in [3.63, 3.8) is 0 Å². The number of benzene rings is 3. The highest BCUT2D eigenvalue weighted by Gasteiger charge is 2.45. The van der Waals surface area contributed by atoms with E-state index in [0.29, 0.717) is 23.0 Å². The number of aromatic nitrogens is 3. The highest BCUT2D eigenvalue weighted by Crippen LogP contribution is 2.54. The summed E-state index contributed by atoms with van der Waals surface area (Å²) in [6.07, 6.45) is 6.34. The van der Waals surface area contributed by atoms with Crippen molar-refractivity contribution in [1.82, 2.24) is 15.0 Å². The van der Waals surface area contributed by atoms with Gasteiger partial charge in [-0.1, -0.05) is 80.6 Å². The first-order chi connectivity index (χ1) is 18.0. The van der Waals surface area contributed by atoms with Crippen LogP contribution >= 0.6 is 0 Å². The number of nitriles is 1. The smallest absolute Gasteiger partial charge is 0.165 e. The average molecular weight is 485 g/mol. The van der Waals surface area contributed by atoms with E-state index >= 15 is 0 Å².